The zero-order valence-electron chi connectivity index (χ0n) is 31.1. The number of aliphatic hydroxyl groups is 1. The van der Waals surface area contributed by atoms with E-state index in [1.165, 1.54) is 19.4 Å². The molecule has 4 rings (SSSR count). The molecule has 9 atom stereocenters. The Balaban J connectivity index is 1.59. The first kappa shape index (κ1) is 38.6. The Hall–Kier alpha value is -1.18. The van der Waals surface area contributed by atoms with Crippen LogP contribution in [0.2, 0.25) is 0 Å². The third-order valence-electron chi connectivity index (χ3n) is 11.4. The van der Waals surface area contributed by atoms with Crippen molar-refractivity contribution in [2.75, 3.05) is 80.2 Å². The minimum Gasteiger partial charge on any atom is -0.463 e. The number of ether oxygens (including phenoxy) is 4. The van der Waals surface area contributed by atoms with Crippen LogP contribution in [0.25, 0.3) is 0 Å². The molecule has 272 valence electrons. The summed E-state index contributed by atoms with van der Waals surface area (Å²) in [7, 11) is 5.53. The number of methoxy groups -OCH3 is 1. The van der Waals surface area contributed by atoms with E-state index in [9.17, 15) is 14.7 Å². The van der Waals surface area contributed by atoms with Crippen LogP contribution in [0.3, 0.4) is 0 Å². The van der Waals surface area contributed by atoms with Gasteiger partial charge in [0.2, 0.25) is 0 Å². The fourth-order valence-corrected chi connectivity index (χ4v) is 8.15. The van der Waals surface area contributed by atoms with Crippen molar-refractivity contribution in [3.05, 3.63) is 0 Å². The Morgan fingerprint density at radius 2 is 1.62 bits per heavy atom. The maximum atomic E-state index is 14.3. The van der Waals surface area contributed by atoms with Crippen molar-refractivity contribution < 1.29 is 33.6 Å². The summed E-state index contributed by atoms with van der Waals surface area (Å²) in [5.74, 6) is -0.484. The molecule has 11 nitrogen and oxygen atoms in total. The Morgan fingerprint density at radius 3 is 2.17 bits per heavy atom. The molecule has 47 heavy (non-hydrogen) atoms. The smallest absolute Gasteiger partial charge is 0.319 e. The van der Waals surface area contributed by atoms with Crippen molar-refractivity contribution in [2.45, 2.75) is 116 Å². The lowest BCUT2D eigenvalue weighted by Gasteiger charge is -2.47. The van der Waals surface area contributed by atoms with Crippen molar-refractivity contribution in [2.24, 2.45) is 23.2 Å². The average Bonchev–Trinajstić information content (AvgIpc) is 3.85. The highest BCUT2D eigenvalue weighted by molar-refractivity contribution is 6.04. The number of esters is 1. The predicted molar refractivity (Wildman–Crippen MR) is 182 cm³/mol. The molecule has 1 aliphatic carbocycles. The normalized spacial score (nSPS) is 39.2. The Kier molecular flexibility index (Phi) is 13.3. The van der Waals surface area contributed by atoms with Crippen molar-refractivity contribution in [1.29, 1.82) is 0 Å². The Morgan fingerprint density at radius 1 is 1.00 bits per heavy atom. The van der Waals surface area contributed by atoms with Gasteiger partial charge in [0.25, 0.3) is 0 Å². The minimum absolute atomic E-state index is 0.00143. The lowest BCUT2D eigenvalue weighted by Crippen LogP contribution is -2.59. The van der Waals surface area contributed by atoms with Gasteiger partial charge in [-0.2, -0.15) is 0 Å². The van der Waals surface area contributed by atoms with Gasteiger partial charge in [0.05, 0.1) is 23.9 Å². The third kappa shape index (κ3) is 9.54. The molecule has 0 aromatic heterocycles. The van der Waals surface area contributed by atoms with Crippen LogP contribution in [0.4, 0.5) is 0 Å². The fraction of sp³-hybridized carbons (Fsp3) is 0.944. The highest BCUT2D eigenvalue weighted by Gasteiger charge is 2.51. The lowest BCUT2D eigenvalue weighted by atomic mass is 9.74. The van der Waals surface area contributed by atoms with Gasteiger partial charge in [0, 0.05) is 64.9 Å². The van der Waals surface area contributed by atoms with E-state index in [1.54, 1.807) is 27.9 Å². The molecule has 0 spiro atoms. The molecular formula is C36H66N4O7. The van der Waals surface area contributed by atoms with Gasteiger partial charge in [-0.3, -0.25) is 19.4 Å². The molecule has 0 bridgehead atoms. The van der Waals surface area contributed by atoms with Crippen LogP contribution in [0.15, 0.2) is 0 Å². The first-order chi connectivity index (χ1) is 22.1. The summed E-state index contributed by atoms with van der Waals surface area (Å²) >= 11 is 0. The SMILES string of the molecule is CCN1C[C@H](C)C[C@@](C)(OC)[C@H](O[C@@H]2O[C@H](C)C[C@H](N(C)C)[C@H]2O)[C@@H](C)C(=O)C(C)(C)C(=O)OC[C@@H]1CN1CCN(CC2CC2)CC1. The van der Waals surface area contributed by atoms with Crippen molar-refractivity contribution in [3.8, 4) is 0 Å². The van der Waals surface area contributed by atoms with Gasteiger partial charge < -0.3 is 33.9 Å². The monoisotopic (exact) mass is 666 g/mol. The van der Waals surface area contributed by atoms with Crippen LogP contribution >= 0.6 is 0 Å². The first-order valence-electron chi connectivity index (χ1n) is 18.2. The highest BCUT2D eigenvalue weighted by atomic mass is 16.7. The highest BCUT2D eigenvalue weighted by Crippen LogP contribution is 2.38. The van der Waals surface area contributed by atoms with Crippen LogP contribution in [-0.4, -0.2) is 159 Å². The number of cyclic esters (lactones) is 1. The molecule has 1 saturated carbocycles. The zero-order chi connectivity index (χ0) is 34.7. The molecular weight excluding hydrogens is 600 g/mol. The van der Waals surface area contributed by atoms with Gasteiger partial charge >= 0.3 is 5.97 Å². The maximum absolute atomic E-state index is 14.3. The average molecular weight is 667 g/mol. The topological polar surface area (TPSA) is 104 Å². The maximum Gasteiger partial charge on any atom is 0.319 e. The van der Waals surface area contributed by atoms with E-state index < -0.39 is 41.4 Å². The molecule has 1 N–H and O–H groups in total. The number of hydrogen-bond acceptors (Lipinski definition) is 11. The van der Waals surface area contributed by atoms with Gasteiger partial charge in [0.1, 0.15) is 18.1 Å². The summed E-state index contributed by atoms with van der Waals surface area (Å²) in [5.41, 5.74) is -2.32. The van der Waals surface area contributed by atoms with Crippen LogP contribution in [-0.2, 0) is 28.5 Å². The number of piperazine rings is 1. The number of Topliss-reactive ketones (excluding diaryl/α,β-unsaturated/α-hetero) is 1. The quantitative estimate of drug-likeness (QED) is 0.290. The second-order valence-corrected chi connectivity index (χ2v) is 16.1. The molecule has 11 heteroatoms. The molecule has 3 heterocycles. The number of hydrogen-bond donors (Lipinski definition) is 1. The molecule has 0 aromatic carbocycles. The molecule has 3 aliphatic heterocycles. The second kappa shape index (κ2) is 16.2. The summed E-state index contributed by atoms with van der Waals surface area (Å²) in [6, 6.07) is -0.165. The van der Waals surface area contributed by atoms with Crippen LogP contribution in [0.5, 0.6) is 0 Å². The molecule has 0 unspecified atom stereocenters. The van der Waals surface area contributed by atoms with E-state index >= 15 is 0 Å². The molecule has 0 radical (unpaired) electrons. The minimum atomic E-state index is -1.41. The van der Waals surface area contributed by atoms with Crippen molar-refractivity contribution in [3.63, 3.8) is 0 Å². The summed E-state index contributed by atoms with van der Waals surface area (Å²) < 4.78 is 25.2. The molecule has 4 fully saturated rings. The van der Waals surface area contributed by atoms with Gasteiger partial charge in [-0.25, -0.2) is 0 Å². The summed E-state index contributed by atoms with van der Waals surface area (Å²) in [6.07, 6.45) is 1.20. The second-order valence-electron chi connectivity index (χ2n) is 16.1. The molecule has 4 aliphatic rings. The number of carbonyl (C=O) groups is 2. The Labute approximate surface area is 284 Å². The standard InChI is InChI=1S/C36H66N4O7/c1-11-40-20-24(2)19-36(7,44-10)32(47-33-30(41)29(37(8)9)18-25(3)46-33)26(4)31(42)35(5,6)34(43)45-23-28(40)22-39-16-14-38(15-17-39)21-27-12-13-27/h24-30,32-33,41H,11-23H2,1-10H3/t24-,25-,26+,28+,29+,30-,32-,33+,36-/m1/s1. The largest absolute Gasteiger partial charge is 0.463 e. The van der Waals surface area contributed by atoms with E-state index in [-0.39, 0.29) is 36.5 Å². The van der Waals surface area contributed by atoms with E-state index in [0.29, 0.717) is 12.8 Å². The van der Waals surface area contributed by atoms with Crippen LogP contribution in [0.1, 0.15) is 74.1 Å². The van der Waals surface area contributed by atoms with Crippen LogP contribution in [0, 0.1) is 23.2 Å². The van der Waals surface area contributed by atoms with E-state index in [4.69, 9.17) is 18.9 Å². The molecule has 0 amide bonds. The number of rotatable bonds is 9. The first-order valence-corrected chi connectivity index (χ1v) is 18.2. The zero-order valence-corrected chi connectivity index (χ0v) is 31.1. The third-order valence-corrected chi connectivity index (χ3v) is 11.4. The predicted octanol–water partition coefficient (Wildman–Crippen LogP) is 2.74. The molecule has 0 aromatic rings. The van der Waals surface area contributed by atoms with E-state index in [0.717, 1.165) is 51.7 Å². The fourth-order valence-electron chi connectivity index (χ4n) is 8.15. The number of aliphatic hydroxyl groups excluding tert-OH is 1. The van der Waals surface area contributed by atoms with Gasteiger partial charge in [-0.05, 0) is 85.9 Å². The summed E-state index contributed by atoms with van der Waals surface area (Å²) in [5, 5.41) is 11.4. The number of carbonyl (C=O) groups excluding carboxylic acids is 2. The number of likely N-dealkylation sites (N-methyl/N-ethyl adjacent to an activating group) is 2. The van der Waals surface area contributed by atoms with Crippen molar-refractivity contribution in [1.82, 2.24) is 19.6 Å². The molecule has 3 saturated heterocycles. The van der Waals surface area contributed by atoms with Gasteiger partial charge in [0.15, 0.2) is 12.1 Å². The summed E-state index contributed by atoms with van der Waals surface area (Å²) in [4.78, 5) is 37.6. The van der Waals surface area contributed by atoms with E-state index in [1.807, 2.05) is 32.8 Å². The van der Waals surface area contributed by atoms with Crippen LogP contribution < -0.4 is 0 Å². The van der Waals surface area contributed by atoms with Gasteiger partial charge in [-0.15, -0.1) is 0 Å². The Bertz CT molecular complexity index is 1030. The summed E-state index contributed by atoms with van der Waals surface area (Å²) in [6.45, 7) is 21.5. The number of ketones is 1. The number of nitrogens with zero attached hydrogens (tertiary/aromatic N) is 4. The van der Waals surface area contributed by atoms with E-state index in [2.05, 4.69) is 28.5 Å². The van der Waals surface area contributed by atoms with Gasteiger partial charge in [-0.1, -0.05) is 20.8 Å². The van der Waals surface area contributed by atoms with Crippen molar-refractivity contribution >= 4 is 11.8 Å². The lowest BCUT2D eigenvalue weighted by molar-refractivity contribution is -0.295.